The van der Waals surface area contributed by atoms with E-state index in [4.69, 9.17) is 16.2 Å². The molecule has 4 nitrogen and oxygen atoms in total. The Hall–Kier alpha value is -1.55. The Kier molecular flexibility index (Phi) is 4.43. The van der Waals surface area contributed by atoms with Crippen LogP contribution in [-0.4, -0.2) is 12.0 Å². The summed E-state index contributed by atoms with van der Waals surface area (Å²) in [5, 5.41) is 0. The van der Waals surface area contributed by atoms with Crippen molar-refractivity contribution in [2.75, 3.05) is 0 Å². The van der Waals surface area contributed by atoms with Crippen molar-refractivity contribution in [2.24, 2.45) is 11.5 Å². The Labute approximate surface area is 114 Å². The molecule has 0 aromatic heterocycles. The van der Waals surface area contributed by atoms with Crippen molar-refractivity contribution in [3.63, 3.8) is 0 Å². The molecule has 1 heterocycles. The van der Waals surface area contributed by atoms with Crippen LogP contribution in [0.3, 0.4) is 0 Å². The number of fused-ring (bicyclic) bond motifs is 1. The molecule has 2 atom stereocenters. The first-order chi connectivity index (χ1) is 9.06. The average Bonchev–Trinajstić information content (AvgIpc) is 2.73. The second-order valence-electron chi connectivity index (χ2n) is 5.32. The van der Waals surface area contributed by atoms with Crippen LogP contribution in [0.5, 0.6) is 5.75 Å². The van der Waals surface area contributed by atoms with Gasteiger partial charge in [0, 0.05) is 18.9 Å². The summed E-state index contributed by atoms with van der Waals surface area (Å²) in [6.07, 6.45) is 4.28. The molecule has 0 aliphatic carbocycles. The van der Waals surface area contributed by atoms with Crippen LogP contribution in [0.15, 0.2) is 18.2 Å². The summed E-state index contributed by atoms with van der Waals surface area (Å²) in [4.78, 5) is 10.6. The molecule has 1 aliphatic heterocycles. The molecule has 2 rings (SSSR count). The van der Waals surface area contributed by atoms with Gasteiger partial charge in [-0.2, -0.15) is 0 Å². The summed E-state index contributed by atoms with van der Waals surface area (Å²) < 4.78 is 5.67. The van der Waals surface area contributed by atoms with Crippen LogP contribution in [0.2, 0.25) is 0 Å². The van der Waals surface area contributed by atoms with E-state index in [0.717, 1.165) is 37.0 Å². The lowest BCUT2D eigenvalue weighted by molar-refractivity contribution is -0.118. The molecule has 0 radical (unpaired) electrons. The van der Waals surface area contributed by atoms with Gasteiger partial charge in [0.05, 0.1) is 0 Å². The number of carbonyl (C=O) groups is 1. The van der Waals surface area contributed by atoms with E-state index in [1.54, 1.807) is 0 Å². The molecule has 0 fully saturated rings. The second-order valence-corrected chi connectivity index (χ2v) is 5.32. The van der Waals surface area contributed by atoms with Gasteiger partial charge in [-0.15, -0.1) is 0 Å². The zero-order chi connectivity index (χ0) is 13.8. The third kappa shape index (κ3) is 3.70. The molecule has 1 aromatic carbocycles. The predicted molar refractivity (Wildman–Crippen MR) is 74.8 cm³/mol. The van der Waals surface area contributed by atoms with Gasteiger partial charge in [0.1, 0.15) is 11.9 Å². The van der Waals surface area contributed by atoms with Crippen LogP contribution in [-0.2, 0) is 11.2 Å². The summed E-state index contributed by atoms with van der Waals surface area (Å²) >= 11 is 0. The summed E-state index contributed by atoms with van der Waals surface area (Å²) in [5.74, 6) is 0.745. The molecule has 0 saturated heterocycles. The zero-order valence-corrected chi connectivity index (χ0v) is 11.4. The van der Waals surface area contributed by atoms with Crippen LogP contribution >= 0.6 is 0 Å². The van der Waals surface area contributed by atoms with Crippen molar-refractivity contribution < 1.29 is 9.53 Å². The van der Waals surface area contributed by atoms with E-state index in [-0.39, 0.29) is 18.1 Å². The largest absolute Gasteiger partial charge is 0.490 e. The first-order valence-electron chi connectivity index (χ1n) is 6.89. The van der Waals surface area contributed by atoms with Crippen molar-refractivity contribution in [1.82, 2.24) is 0 Å². The first-order valence-corrected chi connectivity index (χ1v) is 6.89. The van der Waals surface area contributed by atoms with Crippen LogP contribution in [0.1, 0.15) is 49.8 Å². The highest BCUT2D eigenvalue weighted by Gasteiger charge is 2.20. The summed E-state index contributed by atoms with van der Waals surface area (Å²) in [6, 6.07) is 6.22. The smallest absolute Gasteiger partial charge is 0.217 e. The van der Waals surface area contributed by atoms with Crippen LogP contribution in [0.25, 0.3) is 0 Å². The lowest BCUT2D eigenvalue weighted by Gasteiger charge is -2.12. The van der Waals surface area contributed by atoms with E-state index in [0.29, 0.717) is 6.42 Å². The molecule has 1 aromatic rings. The topological polar surface area (TPSA) is 78.3 Å². The van der Waals surface area contributed by atoms with Crippen LogP contribution in [0.4, 0.5) is 0 Å². The fourth-order valence-corrected chi connectivity index (χ4v) is 2.50. The third-order valence-electron chi connectivity index (χ3n) is 3.54. The molecule has 0 bridgehead atoms. The minimum Gasteiger partial charge on any atom is -0.490 e. The highest BCUT2D eigenvalue weighted by molar-refractivity contribution is 5.73. The molecule has 0 spiro atoms. The standard InChI is InChI=1S/C15H22N2O2/c1-10-8-12-9-11(6-7-14(12)19-10)13(16)4-2-3-5-15(17)18/h6-7,9-10,13H,2-5,8,16H2,1H3,(H2,17,18). The first kappa shape index (κ1) is 13.9. The van der Waals surface area contributed by atoms with Crippen molar-refractivity contribution in [3.05, 3.63) is 29.3 Å². The average molecular weight is 262 g/mol. The minimum absolute atomic E-state index is 0.0223. The number of nitrogens with two attached hydrogens (primary N) is 2. The number of hydrogen-bond acceptors (Lipinski definition) is 3. The maximum absolute atomic E-state index is 10.6. The van der Waals surface area contributed by atoms with Crippen molar-refractivity contribution in [1.29, 1.82) is 0 Å². The lowest BCUT2D eigenvalue weighted by atomic mass is 9.98. The minimum atomic E-state index is -0.239. The fourth-order valence-electron chi connectivity index (χ4n) is 2.50. The van der Waals surface area contributed by atoms with Gasteiger partial charge in [0.2, 0.25) is 5.91 Å². The molecular weight excluding hydrogens is 240 g/mol. The SMILES string of the molecule is CC1Cc2cc(C(N)CCCCC(N)=O)ccc2O1. The predicted octanol–water partition coefficient (Wildman–Crippen LogP) is 2.06. The number of primary amides is 1. The Morgan fingerprint density at radius 2 is 2.26 bits per heavy atom. The number of rotatable bonds is 6. The third-order valence-corrected chi connectivity index (χ3v) is 3.54. The van der Waals surface area contributed by atoms with Gasteiger partial charge in [-0.25, -0.2) is 0 Å². The zero-order valence-electron chi connectivity index (χ0n) is 11.4. The highest BCUT2D eigenvalue weighted by atomic mass is 16.5. The van der Waals surface area contributed by atoms with Crippen molar-refractivity contribution in [3.8, 4) is 5.75 Å². The summed E-state index contributed by atoms with van der Waals surface area (Å²) in [7, 11) is 0. The molecule has 4 heteroatoms. The van der Waals surface area contributed by atoms with E-state index in [1.807, 2.05) is 12.1 Å². The fraction of sp³-hybridized carbons (Fsp3) is 0.533. The van der Waals surface area contributed by atoms with Gasteiger partial charge in [-0.05, 0) is 37.0 Å². The van der Waals surface area contributed by atoms with Gasteiger partial charge in [-0.3, -0.25) is 4.79 Å². The number of benzene rings is 1. The molecular formula is C15H22N2O2. The van der Waals surface area contributed by atoms with Crippen LogP contribution < -0.4 is 16.2 Å². The Morgan fingerprint density at radius 3 is 3.00 bits per heavy atom. The highest BCUT2D eigenvalue weighted by Crippen LogP contribution is 2.31. The Balaban J connectivity index is 1.88. The molecule has 1 aliphatic rings. The molecule has 4 N–H and O–H groups in total. The van der Waals surface area contributed by atoms with Gasteiger partial charge < -0.3 is 16.2 Å². The van der Waals surface area contributed by atoms with Gasteiger partial charge >= 0.3 is 0 Å². The summed E-state index contributed by atoms with van der Waals surface area (Å²) in [5.41, 5.74) is 13.7. The van der Waals surface area contributed by atoms with Gasteiger partial charge in [-0.1, -0.05) is 18.6 Å². The van der Waals surface area contributed by atoms with E-state index in [9.17, 15) is 4.79 Å². The van der Waals surface area contributed by atoms with Gasteiger partial charge in [0.15, 0.2) is 0 Å². The quantitative estimate of drug-likeness (QED) is 0.770. The maximum atomic E-state index is 10.6. The molecule has 1 amide bonds. The van der Waals surface area contributed by atoms with Crippen molar-refractivity contribution >= 4 is 5.91 Å². The number of unbranched alkanes of at least 4 members (excludes halogenated alkanes) is 1. The lowest BCUT2D eigenvalue weighted by Crippen LogP contribution is -2.12. The van der Waals surface area contributed by atoms with Gasteiger partial charge in [0.25, 0.3) is 0 Å². The van der Waals surface area contributed by atoms with Crippen molar-refractivity contribution in [2.45, 2.75) is 51.2 Å². The molecule has 2 unspecified atom stereocenters. The van der Waals surface area contributed by atoms with E-state index in [1.165, 1.54) is 5.56 Å². The molecule has 0 saturated carbocycles. The molecule has 19 heavy (non-hydrogen) atoms. The Bertz CT molecular complexity index is 459. The monoisotopic (exact) mass is 262 g/mol. The number of hydrogen-bond donors (Lipinski definition) is 2. The second kappa shape index (κ2) is 6.06. The Morgan fingerprint density at radius 1 is 1.47 bits per heavy atom. The number of amides is 1. The van der Waals surface area contributed by atoms with Crippen LogP contribution in [0, 0.1) is 0 Å². The number of carbonyl (C=O) groups excluding carboxylic acids is 1. The normalized spacial score (nSPS) is 18.7. The molecule has 104 valence electrons. The summed E-state index contributed by atoms with van der Waals surface area (Å²) in [6.45, 7) is 2.07. The van der Waals surface area contributed by atoms with E-state index in [2.05, 4.69) is 13.0 Å². The maximum Gasteiger partial charge on any atom is 0.217 e. The van der Waals surface area contributed by atoms with E-state index < -0.39 is 0 Å². The van der Waals surface area contributed by atoms with E-state index >= 15 is 0 Å². The number of ether oxygens (including phenoxy) is 1.